The molecule has 0 saturated carbocycles. The number of ether oxygens (including phenoxy) is 1. The molecule has 0 bridgehead atoms. The zero-order valence-electron chi connectivity index (χ0n) is 21.2. The fourth-order valence-electron chi connectivity index (χ4n) is 5.08. The Bertz CT molecular complexity index is 1790. The van der Waals surface area contributed by atoms with Gasteiger partial charge >= 0.3 is 0 Å². The van der Waals surface area contributed by atoms with Crippen molar-refractivity contribution in [2.24, 2.45) is 0 Å². The summed E-state index contributed by atoms with van der Waals surface area (Å²) in [7, 11) is 1.71. The number of halogens is 1. The number of carbonyl (C=O) groups is 2. The van der Waals surface area contributed by atoms with Gasteiger partial charge in [0.1, 0.15) is 5.82 Å². The molecule has 8 heteroatoms. The number of nitrogens with zero attached hydrogens (tertiary/aromatic N) is 2. The van der Waals surface area contributed by atoms with Crippen LogP contribution in [-0.2, 0) is 9.53 Å². The summed E-state index contributed by atoms with van der Waals surface area (Å²) in [5.74, 6) is -0.0810. The number of anilines is 1. The Balaban J connectivity index is 1.51. The summed E-state index contributed by atoms with van der Waals surface area (Å²) in [6.45, 7) is 4.87. The molecule has 0 aliphatic carbocycles. The number of methoxy groups -OCH3 is 1. The maximum atomic E-state index is 12.8. The minimum absolute atomic E-state index is 0.153. The van der Waals surface area contributed by atoms with Crippen molar-refractivity contribution in [3.05, 3.63) is 96.0 Å². The van der Waals surface area contributed by atoms with E-state index < -0.39 is 11.8 Å². The number of fused-ring (bicyclic) bond motifs is 4. The third kappa shape index (κ3) is 4.46. The highest BCUT2D eigenvalue weighted by Gasteiger charge is 2.29. The Morgan fingerprint density at radius 2 is 1.77 bits per heavy atom. The molecule has 39 heavy (non-hydrogen) atoms. The lowest BCUT2D eigenvalue weighted by Gasteiger charge is -2.39. The number of rotatable bonds is 5. The van der Waals surface area contributed by atoms with Crippen LogP contribution >= 0.6 is 11.6 Å². The molecule has 194 valence electrons. The molecule has 0 unspecified atom stereocenters. The van der Waals surface area contributed by atoms with Crippen molar-refractivity contribution in [1.29, 1.82) is 0 Å². The van der Waals surface area contributed by atoms with Crippen LogP contribution in [0.25, 0.3) is 43.6 Å². The van der Waals surface area contributed by atoms with Crippen LogP contribution in [0.3, 0.4) is 0 Å². The summed E-state index contributed by atoms with van der Waals surface area (Å²) >= 11 is 6.63. The van der Waals surface area contributed by atoms with Crippen molar-refractivity contribution in [3.8, 4) is 11.1 Å². The standard InChI is InChI=1S/C31H25ClN4O3/c1-3-28(37)34-35-31(38)20-11-13-24-25(14-20)23-12-10-19(15-27(23)33-30(24)36-16-21(17-36)39-2)22-8-4-6-18-7-5-9-26(32)29(18)22/h3-15,21H,1,16-17H2,2H3,(H,34,37)(H,35,38). The number of hydrazine groups is 1. The lowest BCUT2D eigenvalue weighted by atomic mass is 9.95. The van der Waals surface area contributed by atoms with E-state index in [1.807, 2.05) is 36.4 Å². The number of aromatic nitrogens is 1. The third-order valence-corrected chi connectivity index (χ3v) is 7.48. The molecule has 7 nitrogen and oxygen atoms in total. The van der Waals surface area contributed by atoms with Gasteiger partial charge in [0.25, 0.3) is 11.8 Å². The molecular formula is C31H25ClN4O3. The van der Waals surface area contributed by atoms with Crippen molar-refractivity contribution < 1.29 is 14.3 Å². The topological polar surface area (TPSA) is 83.6 Å². The molecule has 4 aromatic carbocycles. The zero-order chi connectivity index (χ0) is 27.1. The Hall–Kier alpha value is -4.46. The molecule has 0 spiro atoms. The van der Waals surface area contributed by atoms with E-state index in [1.165, 1.54) is 0 Å². The van der Waals surface area contributed by atoms with Crippen LogP contribution in [0.5, 0.6) is 0 Å². The van der Waals surface area contributed by atoms with Crippen LogP contribution in [0, 0.1) is 0 Å². The summed E-state index contributed by atoms with van der Waals surface area (Å²) in [4.78, 5) is 31.6. The molecular weight excluding hydrogens is 512 g/mol. The van der Waals surface area contributed by atoms with Gasteiger partial charge in [0.15, 0.2) is 0 Å². The molecule has 1 aliphatic rings. The van der Waals surface area contributed by atoms with E-state index in [1.54, 1.807) is 13.2 Å². The molecule has 2 heterocycles. The van der Waals surface area contributed by atoms with E-state index in [4.69, 9.17) is 21.3 Å². The van der Waals surface area contributed by atoms with Gasteiger partial charge in [-0.05, 0) is 58.3 Å². The summed E-state index contributed by atoms with van der Waals surface area (Å²) in [5, 5.41) is 5.50. The van der Waals surface area contributed by atoms with Gasteiger partial charge in [-0.1, -0.05) is 60.6 Å². The molecule has 2 N–H and O–H groups in total. The van der Waals surface area contributed by atoms with Gasteiger partial charge in [-0.2, -0.15) is 0 Å². The maximum absolute atomic E-state index is 12.8. The van der Waals surface area contributed by atoms with E-state index in [9.17, 15) is 9.59 Å². The van der Waals surface area contributed by atoms with Crippen LogP contribution in [0.4, 0.5) is 5.82 Å². The number of hydrogen-bond donors (Lipinski definition) is 2. The highest BCUT2D eigenvalue weighted by atomic mass is 35.5. The van der Waals surface area contributed by atoms with E-state index in [2.05, 4.69) is 52.7 Å². The van der Waals surface area contributed by atoms with Crippen LogP contribution < -0.4 is 15.8 Å². The fourth-order valence-corrected chi connectivity index (χ4v) is 5.36. The molecule has 0 atom stereocenters. The third-order valence-electron chi connectivity index (χ3n) is 7.17. The largest absolute Gasteiger partial charge is 0.378 e. The lowest BCUT2D eigenvalue weighted by Crippen LogP contribution is -2.52. The van der Waals surface area contributed by atoms with Crippen molar-refractivity contribution >= 4 is 61.7 Å². The number of amides is 2. The van der Waals surface area contributed by atoms with E-state index in [0.29, 0.717) is 10.6 Å². The minimum Gasteiger partial charge on any atom is -0.378 e. The predicted octanol–water partition coefficient (Wildman–Crippen LogP) is 5.64. The van der Waals surface area contributed by atoms with Crippen LogP contribution in [0.2, 0.25) is 5.02 Å². The number of hydrogen-bond acceptors (Lipinski definition) is 5. The first-order valence-electron chi connectivity index (χ1n) is 12.5. The fraction of sp³-hybridized carbons (Fsp3) is 0.129. The molecule has 1 saturated heterocycles. The average Bonchev–Trinajstić information content (AvgIpc) is 2.94. The monoisotopic (exact) mass is 536 g/mol. The molecule has 6 rings (SSSR count). The number of pyridine rings is 1. The molecule has 2 amide bonds. The van der Waals surface area contributed by atoms with Gasteiger partial charge < -0.3 is 9.64 Å². The maximum Gasteiger partial charge on any atom is 0.269 e. The van der Waals surface area contributed by atoms with Gasteiger partial charge in [0.05, 0.1) is 11.6 Å². The van der Waals surface area contributed by atoms with Crippen LogP contribution in [-0.4, -0.2) is 43.1 Å². The van der Waals surface area contributed by atoms with Crippen LogP contribution in [0.15, 0.2) is 85.5 Å². The first-order valence-corrected chi connectivity index (χ1v) is 12.9. The van der Waals surface area contributed by atoms with E-state index in [-0.39, 0.29) is 6.10 Å². The highest BCUT2D eigenvalue weighted by Crippen LogP contribution is 2.38. The molecule has 0 radical (unpaired) electrons. The minimum atomic E-state index is -0.493. The second kappa shape index (κ2) is 10.0. The summed E-state index contributed by atoms with van der Waals surface area (Å²) in [6.07, 6.45) is 1.24. The van der Waals surface area contributed by atoms with Crippen molar-refractivity contribution in [1.82, 2.24) is 15.8 Å². The Morgan fingerprint density at radius 1 is 1.00 bits per heavy atom. The average molecular weight is 537 g/mol. The second-order valence-corrected chi connectivity index (χ2v) is 9.89. The lowest BCUT2D eigenvalue weighted by molar-refractivity contribution is -0.117. The SMILES string of the molecule is C=CC(=O)NNC(=O)c1ccc2c(N3CC(OC)C3)nc3cc(-c4cccc5cccc(Cl)c45)ccc3c2c1. The molecule has 1 fully saturated rings. The van der Waals surface area contributed by atoms with Gasteiger partial charge in [-0.3, -0.25) is 20.4 Å². The van der Waals surface area contributed by atoms with Crippen molar-refractivity contribution in [3.63, 3.8) is 0 Å². The number of carbonyl (C=O) groups excluding carboxylic acids is 2. The number of nitrogens with one attached hydrogen (secondary N) is 2. The Kier molecular flexibility index (Phi) is 6.38. The molecule has 1 aliphatic heterocycles. The Morgan fingerprint density at radius 3 is 2.54 bits per heavy atom. The normalized spacial score (nSPS) is 13.4. The van der Waals surface area contributed by atoms with Gasteiger partial charge in [-0.25, -0.2) is 4.98 Å². The van der Waals surface area contributed by atoms with Crippen LogP contribution in [0.1, 0.15) is 10.4 Å². The van der Waals surface area contributed by atoms with Crippen molar-refractivity contribution in [2.45, 2.75) is 6.10 Å². The van der Waals surface area contributed by atoms with E-state index in [0.717, 1.165) is 68.6 Å². The van der Waals surface area contributed by atoms with Gasteiger partial charge in [0.2, 0.25) is 0 Å². The predicted molar refractivity (Wildman–Crippen MR) is 156 cm³/mol. The highest BCUT2D eigenvalue weighted by molar-refractivity contribution is 6.36. The quantitative estimate of drug-likeness (QED) is 0.172. The first kappa shape index (κ1) is 24.9. The zero-order valence-corrected chi connectivity index (χ0v) is 22.0. The smallest absolute Gasteiger partial charge is 0.269 e. The van der Waals surface area contributed by atoms with E-state index >= 15 is 0 Å². The van der Waals surface area contributed by atoms with Gasteiger partial charge in [-0.15, -0.1) is 0 Å². The summed E-state index contributed by atoms with van der Waals surface area (Å²) in [5.41, 5.74) is 7.98. The summed E-state index contributed by atoms with van der Waals surface area (Å²) in [6, 6.07) is 23.7. The van der Waals surface area contributed by atoms with Crippen molar-refractivity contribution in [2.75, 3.05) is 25.1 Å². The molecule has 1 aromatic heterocycles. The van der Waals surface area contributed by atoms with Gasteiger partial charge in [0, 0.05) is 46.9 Å². The Labute approximate surface area is 230 Å². The molecule has 5 aromatic rings. The second-order valence-electron chi connectivity index (χ2n) is 9.48. The summed E-state index contributed by atoms with van der Waals surface area (Å²) < 4.78 is 5.50. The number of benzene rings is 4. The first-order chi connectivity index (χ1) is 19.0.